The van der Waals surface area contributed by atoms with Crippen LogP contribution in [0.25, 0.3) is 0 Å². The van der Waals surface area contributed by atoms with Crippen LogP contribution in [0.1, 0.15) is 12.5 Å². The number of nitrogens with zero attached hydrogens (tertiary/aromatic N) is 1. The van der Waals surface area contributed by atoms with Crippen LogP contribution < -0.4 is 9.64 Å². The second-order valence-electron chi connectivity index (χ2n) is 5.46. The van der Waals surface area contributed by atoms with Crippen LogP contribution in [0.5, 0.6) is 5.75 Å². The van der Waals surface area contributed by atoms with E-state index in [1.54, 1.807) is 43.3 Å². The third kappa shape index (κ3) is 5.21. The summed E-state index contributed by atoms with van der Waals surface area (Å²) in [6, 6.07) is 13.8. The highest BCUT2D eigenvalue weighted by atomic mass is 35.5. The quantitative estimate of drug-likeness (QED) is 0.738. The van der Waals surface area contributed by atoms with E-state index in [9.17, 15) is 13.2 Å². The first kappa shape index (κ1) is 19.3. The number of para-hydroxylation sites is 1. The zero-order valence-corrected chi connectivity index (χ0v) is 15.7. The van der Waals surface area contributed by atoms with Crippen molar-refractivity contribution in [2.24, 2.45) is 0 Å². The Morgan fingerprint density at radius 3 is 2.44 bits per heavy atom. The lowest BCUT2D eigenvalue weighted by Crippen LogP contribution is -2.36. The van der Waals surface area contributed by atoms with Crippen molar-refractivity contribution in [2.75, 3.05) is 24.3 Å². The topological polar surface area (TPSA) is 63.7 Å². The van der Waals surface area contributed by atoms with Crippen molar-refractivity contribution < 1.29 is 17.9 Å². The van der Waals surface area contributed by atoms with E-state index in [4.69, 9.17) is 16.3 Å². The molecule has 0 aliphatic carbocycles. The number of amides is 1. The maximum absolute atomic E-state index is 12.5. The SMILES string of the molecule is CCN(C(=O)CS(=O)(=O)Cc1cc(Cl)ccc1OC)c1ccccc1. The van der Waals surface area contributed by atoms with Crippen LogP contribution in [-0.4, -0.2) is 33.7 Å². The summed E-state index contributed by atoms with van der Waals surface area (Å²) in [6.45, 7) is 2.19. The number of carbonyl (C=O) groups is 1. The summed E-state index contributed by atoms with van der Waals surface area (Å²) in [5.41, 5.74) is 1.11. The second-order valence-corrected chi connectivity index (χ2v) is 7.96. The van der Waals surface area contributed by atoms with Gasteiger partial charge in [-0.1, -0.05) is 29.8 Å². The first-order valence-corrected chi connectivity index (χ1v) is 9.94. The van der Waals surface area contributed by atoms with E-state index in [-0.39, 0.29) is 5.75 Å². The normalized spacial score (nSPS) is 11.2. The van der Waals surface area contributed by atoms with Crippen molar-refractivity contribution >= 4 is 33.0 Å². The number of hydrogen-bond donors (Lipinski definition) is 0. The van der Waals surface area contributed by atoms with Gasteiger partial charge in [0.25, 0.3) is 0 Å². The van der Waals surface area contributed by atoms with E-state index in [2.05, 4.69) is 0 Å². The Morgan fingerprint density at radius 1 is 1.16 bits per heavy atom. The molecule has 1 amide bonds. The smallest absolute Gasteiger partial charge is 0.242 e. The van der Waals surface area contributed by atoms with Crippen LogP contribution in [0.15, 0.2) is 48.5 Å². The molecule has 25 heavy (non-hydrogen) atoms. The molecule has 0 saturated heterocycles. The van der Waals surface area contributed by atoms with Gasteiger partial charge >= 0.3 is 0 Å². The van der Waals surface area contributed by atoms with Gasteiger partial charge in [0.05, 0.1) is 12.9 Å². The van der Waals surface area contributed by atoms with E-state index in [1.807, 2.05) is 6.07 Å². The molecular weight excluding hydrogens is 362 g/mol. The Hall–Kier alpha value is -2.05. The largest absolute Gasteiger partial charge is 0.496 e. The molecule has 0 bridgehead atoms. The first-order chi connectivity index (χ1) is 11.9. The summed E-state index contributed by atoms with van der Waals surface area (Å²) in [5.74, 6) is -0.925. The highest BCUT2D eigenvalue weighted by Gasteiger charge is 2.23. The molecule has 0 heterocycles. The van der Waals surface area contributed by atoms with Gasteiger partial charge < -0.3 is 9.64 Å². The molecule has 0 unspecified atom stereocenters. The number of benzene rings is 2. The molecule has 5 nitrogen and oxygen atoms in total. The van der Waals surface area contributed by atoms with E-state index in [0.29, 0.717) is 28.6 Å². The van der Waals surface area contributed by atoms with Crippen LogP contribution in [0, 0.1) is 0 Å². The maximum Gasteiger partial charge on any atom is 0.242 e. The third-order valence-electron chi connectivity index (χ3n) is 3.65. The molecule has 0 atom stereocenters. The number of hydrogen-bond acceptors (Lipinski definition) is 4. The Kier molecular flexibility index (Phi) is 6.45. The van der Waals surface area contributed by atoms with E-state index in [0.717, 1.165) is 0 Å². The zero-order valence-electron chi connectivity index (χ0n) is 14.1. The monoisotopic (exact) mass is 381 g/mol. The van der Waals surface area contributed by atoms with Crippen molar-refractivity contribution in [1.82, 2.24) is 0 Å². The summed E-state index contributed by atoms with van der Waals surface area (Å²) in [4.78, 5) is 13.9. The molecule has 0 saturated carbocycles. The third-order valence-corrected chi connectivity index (χ3v) is 5.32. The minimum Gasteiger partial charge on any atom is -0.496 e. The Bertz CT molecular complexity index is 837. The fourth-order valence-electron chi connectivity index (χ4n) is 2.52. The van der Waals surface area contributed by atoms with Gasteiger partial charge in [0.1, 0.15) is 11.5 Å². The first-order valence-electron chi connectivity index (χ1n) is 7.74. The molecule has 7 heteroatoms. The summed E-state index contributed by atoms with van der Waals surface area (Å²) in [7, 11) is -2.22. The average Bonchev–Trinajstić information content (AvgIpc) is 2.55. The van der Waals surface area contributed by atoms with Crippen LogP contribution in [0.3, 0.4) is 0 Å². The zero-order chi connectivity index (χ0) is 18.4. The van der Waals surface area contributed by atoms with Crippen LogP contribution in [0.2, 0.25) is 5.02 Å². The molecule has 0 aliphatic rings. The van der Waals surface area contributed by atoms with Crippen molar-refractivity contribution in [3.63, 3.8) is 0 Å². The van der Waals surface area contributed by atoms with Crippen LogP contribution in [0.4, 0.5) is 5.69 Å². The van der Waals surface area contributed by atoms with Gasteiger partial charge in [0.15, 0.2) is 9.84 Å². The average molecular weight is 382 g/mol. The summed E-state index contributed by atoms with van der Waals surface area (Å²) in [5, 5.41) is 0.414. The fourth-order valence-corrected chi connectivity index (χ4v) is 4.05. The summed E-state index contributed by atoms with van der Waals surface area (Å²) in [6.07, 6.45) is 0. The molecule has 0 fully saturated rings. The summed E-state index contributed by atoms with van der Waals surface area (Å²) < 4.78 is 30.2. The molecule has 0 aliphatic heterocycles. The molecule has 134 valence electrons. The Balaban J connectivity index is 2.18. The molecule has 0 aromatic heterocycles. The molecule has 2 aromatic carbocycles. The lowest BCUT2D eigenvalue weighted by Gasteiger charge is -2.21. The van der Waals surface area contributed by atoms with Gasteiger partial charge in [-0.2, -0.15) is 0 Å². The number of halogens is 1. The Labute approximate surface area is 153 Å². The van der Waals surface area contributed by atoms with Crippen molar-refractivity contribution in [2.45, 2.75) is 12.7 Å². The van der Waals surface area contributed by atoms with E-state index < -0.39 is 21.5 Å². The summed E-state index contributed by atoms with van der Waals surface area (Å²) >= 11 is 5.94. The predicted octanol–water partition coefficient (Wildman–Crippen LogP) is 3.32. The highest BCUT2D eigenvalue weighted by molar-refractivity contribution is 7.91. The number of carbonyl (C=O) groups excluding carboxylic acids is 1. The molecule has 0 spiro atoms. The van der Waals surface area contributed by atoms with Gasteiger partial charge in [-0.15, -0.1) is 0 Å². The van der Waals surface area contributed by atoms with Crippen LogP contribution in [-0.2, 0) is 20.4 Å². The lowest BCUT2D eigenvalue weighted by molar-refractivity contribution is -0.116. The van der Waals surface area contributed by atoms with Crippen molar-refractivity contribution in [3.8, 4) is 5.75 Å². The predicted molar refractivity (Wildman–Crippen MR) is 100.0 cm³/mol. The van der Waals surface area contributed by atoms with E-state index >= 15 is 0 Å². The Morgan fingerprint density at radius 2 is 1.84 bits per heavy atom. The minimum absolute atomic E-state index is 0.311. The molecule has 0 N–H and O–H groups in total. The van der Waals surface area contributed by atoms with Gasteiger partial charge in [0.2, 0.25) is 5.91 Å². The minimum atomic E-state index is -3.68. The lowest BCUT2D eigenvalue weighted by atomic mass is 10.2. The standard InChI is InChI=1S/C18H20ClNO4S/c1-3-20(16-7-5-4-6-8-16)18(21)13-25(22,23)12-14-11-15(19)9-10-17(14)24-2/h4-11H,3,12-13H2,1-2H3. The highest BCUT2D eigenvalue weighted by Crippen LogP contribution is 2.25. The number of sulfone groups is 1. The molecule has 2 aromatic rings. The van der Waals surface area contributed by atoms with Crippen molar-refractivity contribution in [1.29, 1.82) is 0 Å². The molecular formula is C18H20ClNO4S. The number of rotatable bonds is 7. The molecule has 2 rings (SSSR count). The van der Waals surface area contributed by atoms with Crippen molar-refractivity contribution in [3.05, 3.63) is 59.1 Å². The molecule has 0 radical (unpaired) electrons. The van der Waals surface area contributed by atoms with E-state index in [1.165, 1.54) is 18.1 Å². The second kappa shape index (κ2) is 8.36. The number of methoxy groups -OCH3 is 1. The van der Waals surface area contributed by atoms with Crippen LogP contribution >= 0.6 is 11.6 Å². The van der Waals surface area contributed by atoms with Gasteiger partial charge in [-0.25, -0.2) is 8.42 Å². The maximum atomic E-state index is 12.5. The fraction of sp³-hybridized carbons (Fsp3) is 0.278. The number of ether oxygens (including phenoxy) is 1. The number of anilines is 1. The van der Waals surface area contributed by atoms with Gasteiger partial charge in [-0.3, -0.25) is 4.79 Å². The van der Waals surface area contributed by atoms with Gasteiger partial charge in [-0.05, 0) is 37.3 Å². The van der Waals surface area contributed by atoms with Gasteiger partial charge in [0, 0.05) is 22.8 Å².